The number of morpholine rings is 1. The largest absolute Gasteiger partial charge is 0.379 e. The number of ether oxygens (including phenoxy) is 1. The van der Waals surface area contributed by atoms with Crippen LogP contribution in [0.2, 0.25) is 0 Å². The number of amides is 1. The minimum atomic E-state index is -0.0297. The molecule has 2 fully saturated rings. The van der Waals surface area contributed by atoms with Crippen molar-refractivity contribution in [2.45, 2.75) is 65.0 Å². The van der Waals surface area contributed by atoms with Crippen LogP contribution in [0.25, 0.3) is 0 Å². The topological polar surface area (TPSA) is 78.0 Å². The molecular formula is C25H41N5O2. The van der Waals surface area contributed by atoms with Gasteiger partial charge in [-0.25, -0.2) is 4.99 Å². The molecule has 3 rings (SSSR count). The molecule has 0 spiro atoms. The molecule has 0 bridgehead atoms. The summed E-state index contributed by atoms with van der Waals surface area (Å²) >= 11 is 0. The maximum Gasteiger partial charge on any atom is 0.226 e. The smallest absolute Gasteiger partial charge is 0.226 e. The zero-order valence-electron chi connectivity index (χ0n) is 20.1. The summed E-state index contributed by atoms with van der Waals surface area (Å²) in [6.07, 6.45) is 6.42. The van der Waals surface area contributed by atoms with Crippen LogP contribution in [-0.4, -0.2) is 61.7 Å². The molecule has 178 valence electrons. The number of hydrogen-bond donors (Lipinski definition) is 3. The number of carbonyl (C=O) groups excluding carboxylic acids is 1. The maximum atomic E-state index is 11.9. The van der Waals surface area contributed by atoms with E-state index >= 15 is 0 Å². The lowest BCUT2D eigenvalue weighted by molar-refractivity contribution is -0.118. The van der Waals surface area contributed by atoms with Gasteiger partial charge in [0.05, 0.1) is 19.8 Å². The summed E-state index contributed by atoms with van der Waals surface area (Å²) in [6.45, 7) is 11.9. The molecule has 1 aromatic rings. The minimum absolute atomic E-state index is 0.0297. The highest BCUT2D eigenvalue weighted by Gasteiger charge is 2.38. The lowest BCUT2D eigenvalue weighted by Gasteiger charge is -2.48. The fourth-order valence-corrected chi connectivity index (χ4v) is 4.59. The molecule has 0 radical (unpaired) electrons. The molecule has 1 amide bonds. The van der Waals surface area contributed by atoms with Gasteiger partial charge in [-0.1, -0.05) is 45.2 Å². The Balaban J connectivity index is 1.60. The molecule has 7 nitrogen and oxygen atoms in total. The first-order valence-electron chi connectivity index (χ1n) is 12.3. The third-order valence-corrected chi connectivity index (χ3v) is 6.56. The van der Waals surface area contributed by atoms with E-state index in [0.29, 0.717) is 6.54 Å². The van der Waals surface area contributed by atoms with Crippen LogP contribution in [-0.2, 0) is 16.1 Å². The number of nitrogens with zero attached hydrogens (tertiary/aromatic N) is 2. The molecule has 7 heteroatoms. The number of anilines is 1. The second kappa shape index (κ2) is 12.2. The van der Waals surface area contributed by atoms with Crippen molar-refractivity contribution in [1.29, 1.82) is 0 Å². The number of guanidine groups is 1. The third-order valence-electron chi connectivity index (χ3n) is 6.56. The Kier molecular flexibility index (Phi) is 9.36. The standard InChI is InChI=1S/C25H41N5O2/c1-4-26-24(27-18-21-8-10-22(11-9-21)29-23(31)20(2)3)28-19-25(12-6-5-7-13-25)30-14-16-32-17-15-30/h8-11,20H,4-7,12-19H2,1-3H3,(H,29,31)(H2,26,27,28). The van der Waals surface area contributed by atoms with Crippen LogP contribution in [0.4, 0.5) is 5.69 Å². The molecule has 32 heavy (non-hydrogen) atoms. The van der Waals surface area contributed by atoms with Gasteiger partial charge in [0, 0.05) is 43.3 Å². The van der Waals surface area contributed by atoms with Crippen LogP contribution in [0.15, 0.2) is 29.3 Å². The van der Waals surface area contributed by atoms with E-state index in [9.17, 15) is 4.79 Å². The molecule has 2 aliphatic rings. The zero-order chi connectivity index (χ0) is 22.8. The van der Waals surface area contributed by atoms with Gasteiger partial charge in [0.25, 0.3) is 0 Å². The molecule has 0 unspecified atom stereocenters. The minimum Gasteiger partial charge on any atom is -0.379 e. The van der Waals surface area contributed by atoms with Gasteiger partial charge in [-0.05, 0) is 37.5 Å². The summed E-state index contributed by atoms with van der Waals surface area (Å²) in [4.78, 5) is 19.3. The summed E-state index contributed by atoms with van der Waals surface area (Å²) in [5, 5.41) is 9.98. The van der Waals surface area contributed by atoms with Crippen molar-refractivity contribution in [3.8, 4) is 0 Å². The van der Waals surface area contributed by atoms with Crippen molar-refractivity contribution in [2.24, 2.45) is 10.9 Å². The van der Waals surface area contributed by atoms with E-state index in [-0.39, 0.29) is 17.4 Å². The Hall–Kier alpha value is -2.12. The normalized spacial score (nSPS) is 19.6. The maximum absolute atomic E-state index is 11.9. The Bertz CT molecular complexity index is 735. The Morgan fingerprint density at radius 3 is 2.41 bits per heavy atom. The lowest BCUT2D eigenvalue weighted by atomic mass is 9.80. The van der Waals surface area contributed by atoms with E-state index in [2.05, 4.69) is 27.8 Å². The van der Waals surface area contributed by atoms with Gasteiger partial charge in [0.2, 0.25) is 5.91 Å². The van der Waals surface area contributed by atoms with Gasteiger partial charge < -0.3 is 20.7 Å². The third kappa shape index (κ3) is 6.94. The Morgan fingerprint density at radius 1 is 1.09 bits per heavy atom. The Morgan fingerprint density at radius 2 is 1.78 bits per heavy atom. The molecule has 1 aliphatic heterocycles. The van der Waals surface area contributed by atoms with Crippen molar-refractivity contribution in [3.63, 3.8) is 0 Å². The fraction of sp³-hybridized carbons (Fsp3) is 0.680. The van der Waals surface area contributed by atoms with Crippen molar-refractivity contribution in [2.75, 3.05) is 44.7 Å². The quantitative estimate of drug-likeness (QED) is 0.424. The molecule has 3 N–H and O–H groups in total. The van der Waals surface area contributed by atoms with Crippen molar-refractivity contribution < 1.29 is 9.53 Å². The number of carbonyl (C=O) groups is 1. The van der Waals surface area contributed by atoms with E-state index in [0.717, 1.165) is 56.6 Å². The molecule has 0 atom stereocenters. The van der Waals surface area contributed by atoms with Gasteiger partial charge in [0.15, 0.2) is 5.96 Å². The number of aliphatic imine (C=N–C) groups is 1. The van der Waals surface area contributed by atoms with Gasteiger partial charge in [-0.2, -0.15) is 0 Å². The van der Waals surface area contributed by atoms with Crippen molar-refractivity contribution >= 4 is 17.6 Å². The SMILES string of the molecule is CCNC(=NCc1ccc(NC(=O)C(C)C)cc1)NCC1(N2CCOCC2)CCCCC1. The highest BCUT2D eigenvalue weighted by atomic mass is 16.5. The number of nitrogens with one attached hydrogen (secondary N) is 3. The monoisotopic (exact) mass is 443 g/mol. The average molecular weight is 444 g/mol. The molecule has 1 aliphatic carbocycles. The summed E-state index contributed by atoms with van der Waals surface area (Å²) in [5.74, 6) is 0.868. The van der Waals surface area contributed by atoms with Crippen molar-refractivity contribution in [1.82, 2.24) is 15.5 Å². The number of benzene rings is 1. The van der Waals surface area contributed by atoms with Crippen LogP contribution >= 0.6 is 0 Å². The van der Waals surface area contributed by atoms with E-state index in [1.165, 1.54) is 32.1 Å². The average Bonchev–Trinajstić information content (AvgIpc) is 2.83. The van der Waals surface area contributed by atoms with E-state index < -0.39 is 0 Å². The van der Waals surface area contributed by atoms with Crippen LogP contribution in [0.1, 0.15) is 58.4 Å². The first-order chi connectivity index (χ1) is 15.5. The summed E-state index contributed by atoms with van der Waals surface area (Å²) in [7, 11) is 0. The molecular weight excluding hydrogens is 402 g/mol. The summed E-state index contributed by atoms with van der Waals surface area (Å²) in [5.41, 5.74) is 2.14. The highest BCUT2D eigenvalue weighted by Crippen LogP contribution is 2.33. The van der Waals surface area contributed by atoms with Gasteiger partial charge in [0.1, 0.15) is 0 Å². The first-order valence-corrected chi connectivity index (χ1v) is 12.3. The molecule has 1 aromatic carbocycles. The molecule has 1 saturated carbocycles. The van der Waals surface area contributed by atoms with Crippen LogP contribution in [0.5, 0.6) is 0 Å². The number of rotatable bonds is 8. The molecule has 0 aromatic heterocycles. The Labute approximate surface area is 193 Å². The van der Waals surface area contributed by atoms with E-state index in [1.54, 1.807) is 0 Å². The molecule has 1 saturated heterocycles. The second-order valence-corrected chi connectivity index (χ2v) is 9.27. The van der Waals surface area contributed by atoms with Gasteiger partial charge in [-0.15, -0.1) is 0 Å². The molecule has 1 heterocycles. The predicted octanol–water partition coefficient (Wildman–Crippen LogP) is 3.37. The van der Waals surface area contributed by atoms with Crippen molar-refractivity contribution in [3.05, 3.63) is 29.8 Å². The van der Waals surface area contributed by atoms with Crippen LogP contribution in [0, 0.1) is 5.92 Å². The predicted molar refractivity (Wildman–Crippen MR) is 131 cm³/mol. The van der Waals surface area contributed by atoms with Crippen LogP contribution < -0.4 is 16.0 Å². The lowest BCUT2D eigenvalue weighted by Crippen LogP contribution is -2.60. The van der Waals surface area contributed by atoms with Gasteiger partial charge >= 0.3 is 0 Å². The highest BCUT2D eigenvalue weighted by molar-refractivity contribution is 5.92. The first kappa shape index (κ1) is 24.5. The van der Waals surface area contributed by atoms with Gasteiger partial charge in [-0.3, -0.25) is 9.69 Å². The summed E-state index contributed by atoms with van der Waals surface area (Å²) < 4.78 is 5.61. The van der Waals surface area contributed by atoms with E-state index in [1.807, 2.05) is 38.1 Å². The van der Waals surface area contributed by atoms with Crippen LogP contribution in [0.3, 0.4) is 0 Å². The summed E-state index contributed by atoms with van der Waals surface area (Å²) in [6, 6.07) is 7.95. The number of hydrogen-bond acceptors (Lipinski definition) is 4. The fourth-order valence-electron chi connectivity index (χ4n) is 4.59. The second-order valence-electron chi connectivity index (χ2n) is 9.27. The van der Waals surface area contributed by atoms with E-state index in [4.69, 9.17) is 9.73 Å². The zero-order valence-corrected chi connectivity index (χ0v) is 20.1.